The smallest absolute Gasteiger partial charge is 0.255 e. The monoisotopic (exact) mass is 414 g/mol. The number of carbonyl (C=O) groups is 2. The maximum Gasteiger partial charge on any atom is 0.255 e. The number of rotatable bonds is 4. The fourth-order valence-corrected chi connectivity index (χ4v) is 4.10. The summed E-state index contributed by atoms with van der Waals surface area (Å²) in [4.78, 5) is 30.4. The number of hydrogen-bond acceptors (Lipinski definition) is 3. The van der Waals surface area contributed by atoms with Gasteiger partial charge in [-0.25, -0.2) is 0 Å². The third-order valence-electron chi connectivity index (χ3n) is 5.58. The van der Waals surface area contributed by atoms with Crippen LogP contribution in [0.5, 0.6) is 5.75 Å². The molecule has 5 heteroatoms. The first-order chi connectivity index (χ1) is 14.9. The van der Waals surface area contributed by atoms with Gasteiger partial charge in [-0.1, -0.05) is 35.9 Å². The number of aryl methyl sites for hydroxylation is 3. The molecule has 0 aliphatic carbocycles. The van der Waals surface area contributed by atoms with Crippen LogP contribution < -0.4 is 14.5 Å². The molecule has 5 nitrogen and oxygen atoms in total. The number of piperazine rings is 1. The lowest BCUT2D eigenvalue weighted by molar-refractivity contribution is -0.128. The van der Waals surface area contributed by atoms with Crippen LogP contribution in [-0.4, -0.2) is 25.5 Å². The molecular formula is C26H26N2O3. The fraction of sp³-hybridized carbons (Fsp3) is 0.231. The van der Waals surface area contributed by atoms with E-state index in [9.17, 15) is 9.59 Å². The van der Waals surface area contributed by atoms with Crippen molar-refractivity contribution in [3.05, 3.63) is 89.0 Å². The van der Waals surface area contributed by atoms with Crippen LogP contribution in [0.1, 0.15) is 28.3 Å². The Kier molecular flexibility index (Phi) is 5.51. The lowest BCUT2D eigenvalue weighted by Gasteiger charge is -2.40. The topological polar surface area (TPSA) is 49.9 Å². The molecule has 31 heavy (non-hydrogen) atoms. The van der Waals surface area contributed by atoms with Gasteiger partial charge in [-0.15, -0.1) is 0 Å². The third-order valence-corrected chi connectivity index (χ3v) is 5.58. The number of ether oxygens (including phenoxy) is 1. The third kappa shape index (κ3) is 4.04. The van der Waals surface area contributed by atoms with E-state index in [1.807, 2.05) is 81.4 Å². The number of carbonyl (C=O) groups excluding carboxylic acids is 2. The van der Waals surface area contributed by atoms with Crippen LogP contribution in [0.25, 0.3) is 0 Å². The molecule has 0 aromatic heterocycles. The molecule has 3 aromatic rings. The van der Waals surface area contributed by atoms with E-state index in [0.717, 1.165) is 33.6 Å². The Balaban J connectivity index is 1.82. The van der Waals surface area contributed by atoms with Crippen LogP contribution in [0, 0.1) is 20.8 Å². The van der Waals surface area contributed by atoms with E-state index in [1.54, 1.807) is 16.9 Å². The molecule has 1 aliphatic rings. The molecular weight excluding hydrogens is 388 g/mol. The molecule has 1 saturated heterocycles. The van der Waals surface area contributed by atoms with E-state index >= 15 is 0 Å². The molecule has 2 amide bonds. The number of nitrogens with zero attached hydrogens (tertiary/aromatic N) is 2. The van der Waals surface area contributed by atoms with Gasteiger partial charge in [0.05, 0.1) is 7.11 Å². The molecule has 1 atom stereocenters. The van der Waals surface area contributed by atoms with Crippen LogP contribution in [0.4, 0.5) is 11.4 Å². The molecule has 0 unspecified atom stereocenters. The summed E-state index contributed by atoms with van der Waals surface area (Å²) >= 11 is 0. The lowest BCUT2D eigenvalue weighted by atomic mass is 9.98. The summed E-state index contributed by atoms with van der Waals surface area (Å²) < 4.78 is 5.27. The summed E-state index contributed by atoms with van der Waals surface area (Å²) in [6.45, 7) is 5.98. The number of anilines is 2. The van der Waals surface area contributed by atoms with Gasteiger partial charge < -0.3 is 9.64 Å². The molecule has 3 aromatic carbocycles. The van der Waals surface area contributed by atoms with Crippen molar-refractivity contribution in [2.24, 2.45) is 0 Å². The van der Waals surface area contributed by atoms with E-state index in [-0.39, 0.29) is 18.4 Å². The van der Waals surface area contributed by atoms with Crippen molar-refractivity contribution in [1.82, 2.24) is 0 Å². The molecule has 0 N–H and O–H groups in total. The predicted octanol–water partition coefficient (Wildman–Crippen LogP) is 4.74. The van der Waals surface area contributed by atoms with Crippen LogP contribution in [0.2, 0.25) is 0 Å². The standard InChI is InChI=1S/C26H26N2O3/c1-17-5-9-21(10-6-17)27-16-24(29)28(22-14-18(2)13-19(3)15-22)25(26(27)30)20-7-11-23(31-4)12-8-20/h5-15,25H,16H2,1-4H3/t25-/m0/s1. The van der Waals surface area contributed by atoms with Crippen molar-refractivity contribution in [1.29, 1.82) is 0 Å². The van der Waals surface area contributed by atoms with Gasteiger partial charge in [0.15, 0.2) is 0 Å². The number of amides is 2. The number of benzene rings is 3. The molecule has 0 bridgehead atoms. The van der Waals surface area contributed by atoms with Gasteiger partial charge in [0, 0.05) is 11.4 Å². The van der Waals surface area contributed by atoms with Crippen LogP contribution in [0.3, 0.4) is 0 Å². The Bertz CT molecular complexity index is 1100. The molecule has 1 fully saturated rings. The SMILES string of the molecule is COc1ccc([C@H]2C(=O)N(c3ccc(C)cc3)CC(=O)N2c2cc(C)cc(C)c2)cc1. The predicted molar refractivity (Wildman–Crippen MR) is 123 cm³/mol. The van der Waals surface area contributed by atoms with E-state index in [4.69, 9.17) is 4.74 Å². The van der Waals surface area contributed by atoms with Crippen LogP contribution in [-0.2, 0) is 9.59 Å². The Labute approximate surface area is 182 Å². The second-order valence-corrected chi connectivity index (χ2v) is 8.05. The molecule has 158 valence electrons. The first kappa shape index (κ1) is 20.7. The molecule has 1 heterocycles. The van der Waals surface area contributed by atoms with Gasteiger partial charge >= 0.3 is 0 Å². The van der Waals surface area contributed by atoms with Crippen molar-refractivity contribution < 1.29 is 14.3 Å². The quantitative estimate of drug-likeness (QED) is 0.620. The van der Waals surface area contributed by atoms with Crippen molar-refractivity contribution >= 4 is 23.2 Å². The van der Waals surface area contributed by atoms with Gasteiger partial charge in [-0.3, -0.25) is 14.5 Å². The minimum Gasteiger partial charge on any atom is -0.497 e. The summed E-state index contributed by atoms with van der Waals surface area (Å²) in [6.07, 6.45) is 0. The van der Waals surface area contributed by atoms with Gasteiger partial charge in [-0.2, -0.15) is 0 Å². The minimum atomic E-state index is -0.755. The zero-order valence-electron chi connectivity index (χ0n) is 18.3. The van der Waals surface area contributed by atoms with Gasteiger partial charge in [0.2, 0.25) is 5.91 Å². The van der Waals surface area contributed by atoms with E-state index in [1.165, 1.54) is 0 Å². The number of hydrogen-bond donors (Lipinski definition) is 0. The van der Waals surface area contributed by atoms with Crippen molar-refractivity contribution in [3.63, 3.8) is 0 Å². The Morgan fingerprint density at radius 1 is 0.774 bits per heavy atom. The van der Waals surface area contributed by atoms with Gasteiger partial charge in [0.1, 0.15) is 18.3 Å². The largest absolute Gasteiger partial charge is 0.497 e. The van der Waals surface area contributed by atoms with Crippen molar-refractivity contribution in [2.75, 3.05) is 23.5 Å². The molecule has 4 rings (SSSR count). The second-order valence-electron chi connectivity index (χ2n) is 8.05. The zero-order chi connectivity index (χ0) is 22.1. The van der Waals surface area contributed by atoms with E-state index in [0.29, 0.717) is 5.75 Å². The first-order valence-corrected chi connectivity index (χ1v) is 10.3. The lowest BCUT2D eigenvalue weighted by Crippen LogP contribution is -2.56. The highest BCUT2D eigenvalue weighted by Crippen LogP contribution is 2.36. The van der Waals surface area contributed by atoms with Crippen molar-refractivity contribution in [3.8, 4) is 5.75 Å². The normalized spacial score (nSPS) is 16.6. The number of methoxy groups -OCH3 is 1. The van der Waals surface area contributed by atoms with E-state index < -0.39 is 6.04 Å². The van der Waals surface area contributed by atoms with Crippen LogP contribution in [0.15, 0.2) is 66.7 Å². The Morgan fingerprint density at radius 3 is 1.97 bits per heavy atom. The highest BCUT2D eigenvalue weighted by atomic mass is 16.5. The zero-order valence-corrected chi connectivity index (χ0v) is 18.3. The average molecular weight is 415 g/mol. The summed E-state index contributed by atoms with van der Waals surface area (Å²) in [5, 5.41) is 0. The first-order valence-electron chi connectivity index (χ1n) is 10.3. The highest BCUT2D eigenvalue weighted by molar-refractivity contribution is 6.14. The molecule has 0 spiro atoms. The van der Waals surface area contributed by atoms with Gasteiger partial charge in [-0.05, 0) is 73.9 Å². The summed E-state index contributed by atoms with van der Waals surface area (Å²) in [6, 6.07) is 20.2. The summed E-state index contributed by atoms with van der Waals surface area (Å²) in [7, 11) is 1.60. The Hall–Kier alpha value is -3.60. The fourth-order valence-electron chi connectivity index (χ4n) is 4.10. The van der Waals surface area contributed by atoms with Gasteiger partial charge in [0.25, 0.3) is 5.91 Å². The van der Waals surface area contributed by atoms with E-state index in [2.05, 4.69) is 6.07 Å². The Morgan fingerprint density at radius 2 is 1.39 bits per heavy atom. The van der Waals surface area contributed by atoms with Crippen molar-refractivity contribution in [2.45, 2.75) is 26.8 Å². The highest BCUT2D eigenvalue weighted by Gasteiger charge is 2.42. The molecule has 0 radical (unpaired) electrons. The summed E-state index contributed by atoms with van der Waals surface area (Å²) in [5.74, 6) is 0.449. The minimum absolute atomic E-state index is 0.00153. The van der Waals surface area contributed by atoms with Crippen LogP contribution >= 0.6 is 0 Å². The average Bonchev–Trinajstić information content (AvgIpc) is 2.75. The molecule has 1 aliphatic heterocycles. The second kappa shape index (κ2) is 8.26. The molecule has 0 saturated carbocycles. The summed E-state index contributed by atoms with van der Waals surface area (Å²) in [5.41, 5.74) is 5.40. The maximum absolute atomic E-state index is 13.8. The maximum atomic E-state index is 13.8.